The predicted molar refractivity (Wildman–Crippen MR) is 35.3 cm³/mol. The molecule has 0 rings (SSSR count). The molecule has 6 heavy (non-hydrogen) atoms. The summed E-state index contributed by atoms with van der Waals surface area (Å²) < 4.78 is 0. The molecule has 0 atom stereocenters. The summed E-state index contributed by atoms with van der Waals surface area (Å²) >= 11 is 3.00. The van der Waals surface area contributed by atoms with E-state index in [0.29, 0.717) is 0 Å². The van der Waals surface area contributed by atoms with Crippen molar-refractivity contribution in [1.29, 1.82) is 0 Å². The smallest absolute Gasteiger partial charge is 0.0445 e. The molecule has 0 aromatic heterocycles. The Labute approximate surface area is 49.1 Å². The molecule has 0 nitrogen and oxygen atoms in total. The van der Waals surface area contributed by atoms with Crippen LogP contribution in [0.15, 0.2) is 12.2 Å². The molecule has 0 aliphatic rings. The van der Waals surface area contributed by atoms with Crippen LogP contribution in [0.4, 0.5) is 0 Å². The number of thiol groups is 1. The fourth-order valence-corrected chi connectivity index (χ4v) is 0. The Kier molecular flexibility index (Phi) is 14.5. The van der Waals surface area contributed by atoms with Gasteiger partial charge in [0.15, 0.2) is 0 Å². The monoisotopic (exact) mass is 124 g/mol. The highest BCUT2D eigenvalue weighted by Crippen LogP contribution is 1.73. The zero-order chi connectivity index (χ0) is 5.58. The van der Waals surface area contributed by atoms with Crippen LogP contribution in [0.2, 0.25) is 0 Å². The lowest BCUT2D eigenvalue weighted by atomic mass is 10.4. The van der Waals surface area contributed by atoms with Crippen molar-refractivity contribution in [2.45, 2.75) is 13.8 Å². The van der Waals surface area contributed by atoms with Gasteiger partial charge in [-0.1, -0.05) is 17.4 Å². The van der Waals surface area contributed by atoms with E-state index in [4.69, 9.17) is 0 Å². The first kappa shape index (κ1) is 9.63. The van der Waals surface area contributed by atoms with Crippen molar-refractivity contribution in [3.63, 3.8) is 0 Å². The van der Waals surface area contributed by atoms with Crippen LogP contribution in [0.1, 0.15) is 13.8 Å². The van der Waals surface area contributed by atoms with Crippen molar-refractivity contribution < 1.29 is 0 Å². The lowest BCUT2D eigenvalue weighted by molar-refractivity contribution is 1.42. The molecule has 2 heteroatoms. The highest BCUT2D eigenvalue weighted by molar-refractivity contribution is 8.05. The maximum absolute atomic E-state index is 4.33. The van der Waals surface area contributed by atoms with Gasteiger partial charge in [-0.2, -0.15) is 0 Å². The van der Waals surface area contributed by atoms with Gasteiger partial charge in [-0.15, -0.1) is 6.58 Å². The average Bonchev–Trinajstić information content (AvgIpc) is 1.41. The first-order valence-electron chi connectivity index (χ1n) is 1.52. The molecular weight excluding hydrogens is 116 g/mol. The van der Waals surface area contributed by atoms with Crippen LogP contribution in [-0.4, -0.2) is 0 Å². The van der Waals surface area contributed by atoms with Crippen LogP contribution in [0.5, 0.6) is 0 Å². The molecule has 0 N–H and O–H groups in total. The largest absolute Gasteiger partial charge is 0.100 e. The lowest BCUT2D eigenvalue weighted by Crippen LogP contribution is -1.43. The molecule has 0 bridgehead atoms. The maximum Gasteiger partial charge on any atom is -0.0445 e. The Balaban J connectivity index is 0. The van der Waals surface area contributed by atoms with E-state index in [1.165, 1.54) is 5.57 Å². The van der Waals surface area contributed by atoms with Gasteiger partial charge in [0.25, 0.3) is 0 Å². The molecule has 0 fully saturated rings. The van der Waals surface area contributed by atoms with Gasteiger partial charge in [0.05, 0.1) is 0 Å². The Bertz CT molecular complexity index is 30.5. The second-order valence-electron chi connectivity index (χ2n) is 1.21. The van der Waals surface area contributed by atoms with Crippen molar-refractivity contribution in [3.8, 4) is 0 Å². The average molecular weight is 125 g/mol. The molecule has 0 saturated heterocycles. The zero-order valence-corrected chi connectivity index (χ0v) is 5.68. The lowest BCUT2D eigenvalue weighted by Gasteiger charge is -1.65. The summed E-state index contributed by atoms with van der Waals surface area (Å²) in [6.07, 6.45) is 0. The molecule has 0 aliphatic heterocycles. The van der Waals surface area contributed by atoms with Gasteiger partial charge < -0.3 is 0 Å². The van der Waals surface area contributed by atoms with Gasteiger partial charge in [0.2, 0.25) is 0 Å². The number of hydrogen-bond donors (Lipinski definition) is 1. The Morgan fingerprint density at radius 3 is 1.50 bits per heavy atom. The van der Waals surface area contributed by atoms with Crippen LogP contribution < -0.4 is 0 Å². The fraction of sp³-hybridized carbons (Fsp3) is 0.500. The summed E-state index contributed by atoms with van der Waals surface area (Å²) in [7, 11) is 4.33. The van der Waals surface area contributed by atoms with E-state index < -0.39 is 0 Å². The minimum absolute atomic E-state index is 1.17. The molecular formula is C4H9ClS. The number of rotatable bonds is 0. The minimum atomic E-state index is 1.17. The highest BCUT2D eigenvalue weighted by atomic mass is 35.7. The standard InChI is InChI=1S/C4H8.ClHS/c1-4(2)3;1-2/h1H2,2-3H3;2H. The van der Waals surface area contributed by atoms with Gasteiger partial charge in [-0.3, -0.25) is 0 Å². The fourth-order valence-electron chi connectivity index (χ4n) is 0. The van der Waals surface area contributed by atoms with Crippen molar-refractivity contribution in [1.82, 2.24) is 0 Å². The van der Waals surface area contributed by atoms with Crippen LogP contribution in [0, 0.1) is 0 Å². The first-order chi connectivity index (χ1) is 2.73. The van der Waals surface area contributed by atoms with E-state index in [0.717, 1.165) is 0 Å². The summed E-state index contributed by atoms with van der Waals surface area (Å²) in [6.45, 7) is 7.50. The van der Waals surface area contributed by atoms with Gasteiger partial charge in [0, 0.05) is 0 Å². The van der Waals surface area contributed by atoms with Crippen molar-refractivity contribution in [2.24, 2.45) is 0 Å². The van der Waals surface area contributed by atoms with Crippen LogP contribution >= 0.6 is 22.5 Å². The molecule has 0 amide bonds. The third-order valence-corrected chi connectivity index (χ3v) is 0. The first-order valence-corrected chi connectivity index (χ1v) is 2.87. The number of halogens is 1. The zero-order valence-electron chi connectivity index (χ0n) is 4.03. The molecule has 0 unspecified atom stereocenters. The summed E-state index contributed by atoms with van der Waals surface area (Å²) in [6, 6.07) is 0. The molecule has 0 aromatic carbocycles. The second-order valence-corrected chi connectivity index (χ2v) is 1.21. The SMILES string of the molecule is C=C(C)C.SCl. The molecule has 0 aromatic rings. The molecule has 0 saturated carbocycles. The van der Waals surface area contributed by atoms with E-state index in [-0.39, 0.29) is 0 Å². The van der Waals surface area contributed by atoms with Crippen molar-refractivity contribution >= 4 is 22.5 Å². The van der Waals surface area contributed by atoms with Gasteiger partial charge in [-0.05, 0) is 24.5 Å². The summed E-state index contributed by atoms with van der Waals surface area (Å²) in [5.41, 5.74) is 1.17. The highest BCUT2D eigenvalue weighted by Gasteiger charge is 1.51. The molecule has 0 aliphatic carbocycles. The Hall–Kier alpha value is 0.380. The minimum Gasteiger partial charge on any atom is -0.100 e. The van der Waals surface area contributed by atoms with Gasteiger partial charge in [0.1, 0.15) is 0 Å². The quantitative estimate of drug-likeness (QED) is 0.373. The molecule has 38 valence electrons. The van der Waals surface area contributed by atoms with Crippen LogP contribution in [-0.2, 0) is 0 Å². The van der Waals surface area contributed by atoms with Crippen molar-refractivity contribution in [3.05, 3.63) is 12.2 Å². The molecule has 0 spiro atoms. The van der Waals surface area contributed by atoms with Gasteiger partial charge in [-0.25, -0.2) is 0 Å². The van der Waals surface area contributed by atoms with Crippen molar-refractivity contribution in [2.75, 3.05) is 0 Å². The Morgan fingerprint density at radius 2 is 1.50 bits per heavy atom. The summed E-state index contributed by atoms with van der Waals surface area (Å²) in [5.74, 6) is 0. The van der Waals surface area contributed by atoms with Crippen LogP contribution in [0.3, 0.4) is 0 Å². The Morgan fingerprint density at radius 1 is 1.50 bits per heavy atom. The van der Waals surface area contributed by atoms with E-state index >= 15 is 0 Å². The third kappa shape index (κ3) is 347. The number of allylic oxidation sites excluding steroid dienone is 1. The van der Waals surface area contributed by atoms with E-state index in [1.54, 1.807) is 0 Å². The van der Waals surface area contributed by atoms with E-state index in [9.17, 15) is 0 Å². The normalized spacial score (nSPS) is 5.33. The van der Waals surface area contributed by atoms with Crippen LogP contribution in [0.25, 0.3) is 0 Å². The summed E-state index contributed by atoms with van der Waals surface area (Å²) in [5, 5.41) is 0. The number of hydrogen-bond acceptors (Lipinski definition) is 1. The predicted octanol–water partition coefficient (Wildman–Crippen LogP) is 2.65. The molecule has 0 radical (unpaired) electrons. The summed E-state index contributed by atoms with van der Waals surface area (Å²) in [4.78, 5) is 0. The van der Waals surface area contributed by atoms with E-state index in [2.05, 4.69) is 29.1 Å². The molecule has 0 heterocycles. The third-order valence-electron chi connectivity index (χ3n) is 0. The second kappa shape index (κ2) is 9.03. The topological polar surface area (TPSA) is 0 Å². The van der Waals surface area contributed by atoms with E-state index in [1.807, 2.05) is 13.8 Å². The maximum atomic E-state index is 4.33. The van der Waals surface area contributed by atoms with Gasteiger partial charge >= 0.3 is 0 Å².